The summed E-state index contributed by atoms with van der Waals surface area (Å²) in [5.41, 5.74) is 1.14. The third-order valence-electron chi connectivity index (χ3n) is 3.37. The quantitative estimate of drug-likeness (QED) is 0.720. The van der Waals surface area contributed by atoms with Gasteiger partial charge in [0.1, 0.15) is 24.4 Å². The summed E-state index contributed by atoms with van der Waals surface area (Å²) in [6.45, 7) is 7.58. The van der Waals surface area contributed by atoms with E-state index in [0.29, 0.717) is 6.61 Å². The van der Waals surface area contributed by atoms with E-state index in [2.05, 4.69) is 0 Å². The van der Waals surface area contributed by atoms with Gasteiger partial charge < -0.3 is 29.2 Å². The zero-order valence-corrected chi connectivity index (χ0v) is 12.4. The van der Waals surface area contributed by atoms with Gasteiger partial charge in [-0.2, -0.15) is 0 Å². The van der Waals surface area contributed by atoms with Crippen LogP contribution in [0.15, 0.2) is 11.6 Å². The van der Waals surface area contributed by atoms with E-state index in [1.54, 1.807) is 13.8 Å². The summed E-state index contributed by atoms with van der Waals surface area (Å²) in [6.07, 6.45) is -1.19. The average Bonchev–Trinajstić information content (AvgIpc) is 2.81. The molecule has 2 heterocycles. The van der Waals surface area contributed by atoms with Gasteiger partial charge in [0.15, 0.2) is 12.1 Å². The number of hydrogen-bond donors (Lipinski definition) is 2. The first kappa shape index (κ1) is 15.9. The first-order chi connectivity index (χ1) is 9.34. The fraction of sp³-hybridized carbons (Fsp3) is 0.857. The van der Waals surface area contributed by atoms with Gasteiger partial charge in [0.05, 0.1) is 13.2 Å². The molecule has 2 aliphatic rings. The molecule has 0 spiro atoms. The third-order valence-corrected chi connectivity index (χ3v) is 3.37. The molecule has 0 aromatic heterocycles. The number of aliphatic hydroxyl groups excluding tert-OH is 2. The second-order valence-electron chi connectivity index (χ2n) is 5.90. The summed E-state index contributed by atoms with van der Waals surface area (Å²) < 4.78 is 22.8. The summed E-state index contributed by atoms with van der Waals surface area (Å²) in [7, 11) is 0. The Kier molecular flexibility index (Phi) is 4.84. The number of aliphatic hydroxyl groups is 2. The minimum atomic E-state index is -1.02. The number of rotatable bonds is 5. The van der Waals surface area contributed by atoms with Crippen LogP contribution >= 0.6 is 0 Å². The van der Waals surface area contributed by atoms with Crippen molar-refractivity contribution in [1.82, 2.24) is 0 Å². The second kappa shape index (κ2) is 6.09. The number of allylic oxidation sites excluding steroid dienone is 1. The van der Waals surface area contributed by atoms with Crippen molar-refractivity contribution in [3.63, 3.8) is 0 Å². The first-order valence-electron chi connectivity index (χ1n) is 6.89. The van der Waals surface area contributed by atoms with Crippen LogP contribution < -0.4 is 0 Å². The van der Waals surface area contributed by atoms with Crippen LogP contribution in [0.25, 0.3) is 0 Å². The maximum atomic E-state index is 9.84. The van der Waals surface area contributed by atoms with E-state index in [4.69, 9.17) is 24.1 Å². The Hall–Kier alpha value is -0.500. The van der Waals surface area contributed by atoms with E-state index < -0.39 is 43.1 Å². The molecule has 6 heteroatoms. The van der Waals surface area contributed by atoms with Crippen molar-refractivity contribution in [2.24, 2.45) is 0 Å². The highest BCUT2D eigenvalue weighted by Crippen LogP contribution is 2.39. The monoisotopic (exact) mass is 288 g/mol. The van der Waals surface area contributed by atoms with Gasteiger partial charge in [-0.1, -0.05) is 11.6 Å². The Morgan fingerprint density at radius 2 is 2.05 bits per heavy atom. The van der Waals surface area contributed by atoms with Gasteiger partial charge in [0.2, 0.25) is 0 Å². The minimum absolute atomic E-state index is 0.393. The SMILES string of the molecule is CC(C)=CCO[C@H]1[C@H]2OC(C)(C)O[C@H]2O[C@@H]1[C@H](O)CO. The van der Waals surface area contributed by atoms with E-state index in [9.17, 15) is 5.11 Å². The molecule has 0 amide bonds. The smallest absolute Gasteiger partial charge is 0.190 e. The van der Waals surface area contributed by atoms with Crippen LogP contribution in [-0.4, -0.2) is 59.9 Å². The van der Waals surface area contributed by atoms with Crippen molar-refractivity contribution in [1.29, 1.82) is 0 Å². The molecule has 2 fully saturated rings. The number of hydrogen-bond acceptors (Lipinski definition) is 6. The van der Waals surface area contributed by atoms with Crippen molar-refractivity contribution in [3.05, 3.63) is 11.6 Å². The fourth-order valence-electron chi connectivity index (χ4n) is 2.43. The third kappa shape index (κ3) is 3.39. The minimum Gasteiger partial charge on any atom is -0.394 e. The van der Waals surface area contributed by atoms with Crippen molar-refractivity contribution >= 4 is 0 Å². The predicted octanol–water partition coefficient (Wildman–Crippen LogP) is 0.567. The lowest BCUT2D eigenvalue weighted by Gasteiger charge is -2.27. The molecule has 0 radical (unpaired) electrons. The highest BCUT2D eigenvalue weighted by Gasteiger charge is 2.56. The molecular weight excluding hydrogens is 264 g/mol. The highest BCUT2D eigenvalue weighted by atomic mass is 16.8. The fourth-order valence-corrected chi connectivity index (χ4v) is 2.43. The van der Waals surface area contributed by atoms with Crippen LogP contribution in [0.3, 0.4) is 0 Å². The molecule has 0 aliphatic carbocycles. The zero-order valence-electron chi connectivity index (χ0n) is 12.4. The van der Waals surface area contributed by atoms with Gasteiger partial charge >= 0.3 is 0 Å². The lowest BCUT2D eigenvalue weighted by atomic mass is 10.1. The van der Waals surface area contributed by atoms with Crippen LogP contribution in [0.5, 0.6) is 0 Å². The lowest BCUT2D eigenvalue weighted by molar-refractivity contribution is -0.230. The second-order valence-corrected chi connectivity index (χ2v) is 5.90. The van der Waals surface area contributed by atoms with Gasteiger partial charge in [-0.3, -0.25) is 0 Å². The molecule has 2 aliphatic heterocycles. The molecule has 0 bridgehead atoms. The molecule has 2 N–H and O–H groups in total. The highest BCUT2D eigenvalue weighted by molar-refractivity contribution is 4.98. The standard InChI is InChI=1S/C14H24O6/c1-8(2)5-6-17-11-10(9(16)7-15)18-13-12(11)19-14(3,4)20-13/h5,9-13,15-16H,6-7H2,1-4H3/t9-,10-,11-,12-,13-/m1/s1. The molecule has 2 saturated heterocycles. The van der Waals surface area contributed by atoms with Gasteiger partial charge in [0, 0.05) is 0 Å². The Morgan fingerprint density at radius 1 is 1.35 bits per heavy atom. The molecule has 5 atom stereocenters. The summed E-state index contributed by atoms with van der Waals surface area (Å²) >= 11 is 0. The molecule has 0 unspecified atom stereocenters. The van der Waals surface area contributed by atoms with E-state index in [-0.39, 0.29) is 0 Å². The van der Waals surface area contributed by atoms with Gasteiger partial charge in [-0.05, 0) is 27.7 Å². The van der Waals surface area contributed by atoms with Crippen LogP contribution in [-0.2, 0) is 18.9 Å². The summed E-state index contributed by atoms with van der Waals surface area (Å²) in [6, 6.07) is 0. The van der Waals surface area contributed by atoms with E-state index in [1.165, 1.54) is 0 Å². The van der Waals surface area contributed by atoms with Gasteiger partial charge in [0.25, 0.3) is 0 Å². The Labute approximate surface area is 119 Å². The van der Waals surface area contributed by atoms with Crippen molar-refractivity contribution < 1.29 is 29.2 Å². The molecule has 0 aromatic carbocycles. The summed E-state index contributed by atoms with van der Waals surface area (Å²) in [4.78, 5) is 0. The van der Waals surface area contributed by atoms with E-state index in [1.807, 2.05) is 19.9 Å². The Bertz CT molecular complexity index is 363. The van der Waals surface area contributed by atoms with E-state index in [0.717, 1.165) is 5.57 Å². The molecule has 0 saturated carbocycles. The maximum absolute atomic E-state index is 9.84. The molecule has 2 rings (SSSR count). The predicted molar refractivity (Wildman–Crippen MR) is 71.0 cm³/mol. The summed E-state index contributed by atoms with van der Waals surface area (Å²) in [5, 5.41) is 19.0. The molecule has 116 valence electrons. The van der Waals surface area contributed by atoms with Gasteiger partial charge in [-0.25, -0.2) is 0 Å². The van der Waals surface area contributed by atoms with Crippen LogP contribution in [0.4, 0.5) is 0 Å². The van der Waals surface area contributed by atoms with Crippen LogP contribution in [0, 0.1) is 0 Å². The Morgan fingerprint density at radius 3 is 2.65 bits per heavy atom. The number of fused-ring (bicyclic) bond motifs is 1. The average molecular weight is 288 g/mol. The maximum Gasteiger partial charge on any atom is 0.190 e. The van der Waals surface area contributed by atoms with Crippen LogP contribution in [0.1, 0.15) is 27.7 Å². The molecular formula is C14H24O6. The summed E-state index contributed by atoms with van der Waals surface area (Å²) in [5.74, 6) is -0.734. The van der Waals surface area contributed by atoms with Gasteiger partial charge in [-0.15, -0.1) is 0 Å². The lowest BCUT2D eigenvalue weighted by Crippen LogP contribution is -2.44. The Balaban J connectivity index is 2.06. The topological polar surface area (TPSA) is 77.4 Å². The molecule has 0 aromatic rings. The number of ether oxygens (including phenoxy) is 4. The molecule has 20 heavy (non-hydrogen) atoms. The van der Waals surface area contributed by atoms with Crippen molar-refractivity contribution in [2.45, 2.75) is 64.2 Å². The van der Waals surface area contributed by atoms with Crippen molar-refractivity contribution in [3.8, 4) is 0 Å². The normalized spacial score (nSPS) is 36.7. The molecule has 6 nitrogen and oxygen atoms in total. The van der Waals surface area contributed by atoms with E-state index >= 15 is 0 Å². The first-order valence-corrected chi connectivity index (χ1v) is 6.89. The largest absolute Gasteiger partial charge is 0.394 e. The van der Waals surface area contributed by atoms with Crippen LogP contribution in [0.2, 0.25) is 0 Å². The van der Waals surface area contributed by atoms with Crippen molar-refractivity contribution in [2.75, 3.05) is 13.2 Å². The zero-order chi connectivity index (χ0) is 14.9.